The molecule has 1 atom stereocenters. The van der Waals surface area contributed by atoms with Gasteiger partial charge in [0.2, 0.25) is 0 Å². The van der Waals surface area contributed by atoms with E-state index >= 15 is 0 Å². The van der Waals surface area contributed by atoms with Crippen LogP contribution < -0.4 is 4.74 Å². The lowest BCUT2D eigenvalue weighted by Gasteiger charge is -2.20. The van der Waals surface area contributed by atoms with E-state index in [9.17, 15) is 19.8 Å². The molecule has 0 heterocycles. The molecule has 0 saturated carbocycles. The number of benzene rings is 3. The van der Waals surface area contributed by atoms with Crippen LogP contribution in [-0.4, -0.2) is 22.0 Å². The molecule has 2 N–H and O–H groups in total. The molecule has 0 aliphatic heterocycles. The lowest BCUT2D eigenvalue weighted by Crippen LogP contribution is -2.16. The summed E-state index contributed by atoms with van der Waals surface area (Å²) in [7, 11) is 0. The van der Waals surface area contributed by atoms with Crippen LogP contribution in [0.1, 0.15) is 51.4 Å². The van der Waals surface area contributed by atoms with Gasteiger partial charge in [-0.1, -0.05) is 48.5 Å². The van der Waals surface area contributed by atoms with Gasteiger partial charge >= 0.3 is 5.97 Å². The summed E-state index contributed by atoms with van der Waals surface area (Å²) in [5.74, 6) is -1.52. The summed E-state index contributed by atoms with van der Waals surface area (Å²) in [6, 6.07) is 19.7. The van der Waals surface area contributed by atoms with Crippen LogP contribution in [0.4, 0.5) is 0 Å². The maximum atomic E-state index is 13.4. The number of carboxylic acids is 1. The third-order valence-electron chi connectivity index (χ3n) is 5.41. The van der Waals surface area contributed by atoms with Crippen molar-refractivity contribution in [2.45, 2.75) is 39.2 Å². The number of carbonyl (C=O) groups excluding carboxylic acids is 1. The second-order valence-corrected chi connectivity index (χ2v) is 7.63. The summed E-state index contributed by atoms with van der Waals surface area (Å²) in [5, 5.41) is 19.4. The molecule has 0 bridgehead atoms. The van der Waals surface area contributed by atoms with E-state index in [1.807, 2.05) is 62.4 Å². The fourth-order valence-corrected chi connectivity index (χ4v) is 3.60. The van der Waals surface area contributed by atoms with Gasteiger partial charge in [-0.15, -0.1) is 0 Å². The van der Waals surface area contributed by atoms with Crippen molar-refractivity contribution < 1.29 is 24.5 Å². The molecule has 5 heteroatoms. The smallest absolute Gasteiger partial charge is 0.303 e. The standard InChI is InChI=1S/C26H26O5/c1-17-7-6-10-23(18(17)2)24(11-12-25(28)29)26(30)20-13-21(27)15-22(14-20)31-16-19-8-4-3-5-9-19/h3-10,13-15,24,27H,11-12,16H2,1-2H3,(H,28,29). The predicted molar refractivity (Wildman–Crippen MR) is 119 cm³/mol. The molecule has 160 valence electrons. The first-order valence-electron chi connectivity index (χ1n) is 10.2. The number of aryl methyl sites for hydroxylation is 1. The molecular formula is C26H26O5. The molecule has 3 aromatic rings. The van der Waals surface area contributed by atoms with Gasteiger partial charge in [-0.25, -0.2) is 0 Å². The minimum absolute atomic E-state index is 0.0770. The van der Waals surface area contributed by atoms with Crippen molar-refractivity contribution in [3.05, 3.63) is 94.5 Å². The van der Waals surface area contributed by atoms with Crippen LogP contribution in [0, 0.1) is 13.8 Å². The molecule has 3 aromatic carbocycles. The maximum absolute atomic E-state index is 13.4. The summed E-state index contributed by atoms with van der Waals surface area (Å²) in [5.41, 5.74) is 4.06. The van der Waals surface area contributed by atoms with E-state index in [-0.39, 0.29) is 24.4 Å². The van der Waals surface area contributed by atoms with Gasteiger partial charge < -0.3 is 14.9 Å². The van der Waals surface area contributed by atoms with E-state index in [2.05, 4.69) is 0 Å². The third-order valence-corrected chi connectivity index (χ3v) is 5.41. The van der Waals surface area contributed by atoms with E-state index in [1.165, 1.54) is 12.1 Å². The van der Waals surface area contributed by atoms with Gasteiger partial charge in [-0.2, -0.15) is 0 Å². The number of carboxylic acid groups (broad SMARTS) is 1. The number of ketones is 1. The molecule has 0 aliphatic carbocycles. The SMILES string of the molecule is Cc1cccc(C(CCC(=O)O)C(=O)c2cc(O)cc(OCc3ccccc3)c2)c1C. The molecule has 0 aromatic heterocycles. The average molecular weight is 418 g/mol. The molecule has 0 spiro atoms. The van der Waals surface area contributed by atoms with Gasteiger partial charge in [0.1, 0.15) is 18.1 Å². The number of phenols is 1. The van der Waals surface area contributed by atoms with Crippen LogP contribution in [0.15, 0.2) is 66.7 Å². The van der Waals surface area contributed by atoms with Gasteiger partial charge in [0, 0.05) is 24.0 Å². The predicted octanol–water partition coefficient (Wildman–Crippen LogP) is 5.42. The first-order chi connectivity index (χ1) is 14.8. The highest BCUT2D eigenvalue weighted by Crippen LogP contribution is 2.32. The van der Waals surface area contributed by atoms with Gasteiger partial charge in [-0.3, -0.25) is 9.59 Å². The molecule has 31 heavy (non-hydrogen) atoms. The maximum Gasteiger partial charge on any atom is 0.303 e. The third kappa shape index (κ3) is 5.72. The minimum atomic E-state index is -0.953. The largest absolute Gasteiger partial charge is 0.508 e. The molecule has 0 amide bonds. The minimum Gasteiger partial charge on any atom is -0.508 e. The van der Waals surface area contributed by atoms with Crippen molar-refractivity contribution in [3.8, 4) is 11.5 Å². The zero-order valence-electron chi connectivity index (χ0n) is 17.7. The Morgan fingerprint density at radius 2 is 1.71 bits per heavy atom. The summed E-state index contributed by atoms with van der Waals surface area (Å²) in [6.45, 7) is 4.20. The van der Waals surface area contributed by atoms with Crippen LogP contribution in [-0.2, 0) is 11.4 Å². The van der Waals surface area contributed by atoms with Crippen LogP contribution in [0.3, 0.4) is 0 Å². The van der Waals surface area contributed by atoms with Gasteiger partial charge in [0.15, 0.2) is 5.78 Å². The number of carbonyl (C=O) groups is 2. The highest BCUT2D eigenvalue weighted by molar-refractivity contribution is 6.02. The number of phenolic OH excluding ortho intramolecular Hbond substituents is 1. The number of Topliss-reactive ketones (excluding diaryl/α,β-unsaturated/α-hetero) is 1. The van der Waals surface area contributed by atoms with E-state index < -0.39 is 11.9 Å². The topological polar surface area (TPSA) is 83.8 Å². The van der Waals surface area contributed by atoms with Crippen molar-refractivity contribution >= 4 is 11.8 Å². The van der Waals surface area contributed by atoms with E-state index in [0.717, 1.165) is 22.3 Å². The normalized spacial score (nSPS) is 11.7. The Hall–Kier alpha value is -3.60. The highest BCUT2D eigenvalue weighted by atomic mass is 16.5. The van der Waals surface area contributed by atoms with Gasteiger partial charge in [0.05, 0.1) is 0 Å². The zero-order chi connectivity index (χ0) is 22.4. The fraction of sp³-hybridized carbons (Fsp3) is 0.231. The second-order valence-electron chi connectivity index (χ2n) is 7.63. The van der Waals surface area contributed by atoms with Crippen molar-refractivity contribution in [2.75, 3.05) is 0 Å². The lowest BCUT2D eigenvalue weighted by molar-refractivity contribution is -0.137. The number of ether oxygens (including phenoxy) is 1. The lowest BCUT2D eigenvalue weighted by atomic mass is 9.83. The monoisotopic (exact) mass is 418 g/mol. The summed E-state index contributed by atoms with van der Waals surface area (Å²) in [4.78, 5) is 24.6. The second kappa shape index (κ2) is 9.94. The summed E-state index contributed by atoms with van der Waals surface area (Å²) < 4.78 is 5.78. The van der Waals surface area contributed by atoms with E-state index in [0.29, 0.717) is 17.9 Å². The molecule has 5 nitrogen and oxygen atoms in total. The fourth-order valence-electron chi connectivity index (χ4n) is 3.60. The number of rotatable bonds is 9. The summed E-state index contributed by atoms with van der Waals surface area (Å²) in [6.07, 6.45) is 0.0499. The molecule has 3 rings (SSSR count). The molecule has 0 aliphatic rings. The van der Waals surface area contributed by atoms with Gasteiger partial charge in [0.25, 0.3) is 0 Å². The Bertz CT molecular complexity index is 1070. The Morgan fingerprint density at radius 3 is 2.42 bits per heavy atom. The van der Waals surface area contributed by atoms with Crippen molar-refractivity contribution in [3.63, 3.8) is 0 Å². The molecule has 1 unspecified atom stereocenters. The first kappa shape index (κ1) is 22.1. The number of hydrogen-bond acceptors (Lipinski definition) is 4. The Kier molecular flexibility index (Phi) is 7.08. The molecular weight excluding hydrogens is 392 g/mol. The summed E-state index contributed by atoms with van der Waals surface area (Å²) >= 11 is 0. The number of aliphatic carboxylic acids is 1. The number of hydrogen-bond donors (Lipinski definition) is 2. The van der Waals surface area contributed by atoms with Crippen LogP contribution in [0.25, 0.3) is 0 Å². The quantitative estimate of drug-likeness (QED) is 0.453. The van der Waals surface area contributed by atoms with Crippen LogP contribution >= 0.6 is 0 Å². The van der Waals surface area contributed by atoms with Crippen molar-refractivity contribution in [2.24, 2.45) is 0 Å². The van der Waals surface area contributed by atoms with Crippen LogP contribution in [0.2, 0.25) is 0 Å². The zero-order valence-corrected chi connectivity index (χ0v) is 17.7. The van der Waals surface area contributed by atoms with Gasteiger partial charge in [-0.05, 0) is 54.7 Å². The van der Waals surface area contributed by atoms with E-state index in [4.69, 9.17) is 4.74 Å². The van der Waals surface area contributed by atoms with Crippen LogP contribution in [0.5, 0.6) is 11.5 Å². The Balaban J connectivity index is 1.90. The molecule has 0 fully saturated rings. The number of aromatic hydroxyl groups is 1. The Labute approximate surface area is 181 Å². The van der Waals surface area contributed by atoms with Crippen molar-refractivity contribution in [1.82, 2.24) is 0 Å². The van der Waals surface area contributed by atoms with E-state index in [1.54, 1.807) is 6.07 Å². The first-order valence-corrected chi connectivity index (χ1v) is 10.2. The molecule has 0 radical (unpaired) electrons. The van der Waals surface area contributed by atoms with Crippen molar-refractivity contribution in [1.29, 1.82) is 0 Å². The average Bonchev–Trinajstić information content (AvgIpc) is 2.75. The molecule has 0 saturated heterocycles. The Morgan fingerprint density at radius 1 is 0.968 bits per heavy atom. The highest BCUT2D eigenvalue weighted by Gasteiger charge is 2.25.